The Kier molecular flexibility index (Phi) is 5.48. The topological polar surface area (TPSA) is 73.3 Å². The normalized spacial score (nSPS) is 10.4. The zero-order valence-electron chi connectivity index (χ0n) is 14.8. The molecular formula is C19H19N3O3S. The number of carbonyl (C=O) groups excluding carboxylic acids is 1. The van der Waals surface area contributed by atoms with Gasteiger partial charge >= 0.3 is 0 Å². The van der Waals surface area contributed by atoms with Crippen LogP contribution in [0.2, 0.25) is 0 Å². The number of rotatable bonds is 6. The molecule has 1 aromatic heterocycles. The summed E-state index contributed by atoms with van der Waals surface area (Å²) in [5.74, 6) is 1.20. The fourth-order valence-corrected chi connectivity index (χ4v) is 3.07. The van der Waals surface area contributed by atoms with Crippen molar-refractivity contribution in [1.29, 1.82) is 0 Å². The molecular weight excluding hydrogens is 350 g/mol. The van der Waals surface area contributed by atoms with Crippen molar-refractivity contribution < 1.29 is 14.3 Å². The Hall–Kier alpha value is -2.93. The second kappa shape index (κ2) is 7.97. The van der Waals surface area contributed by atoms with Crippen molar-refractivity contribution in [2.75, 3.05) is 19.0 Å². The molecule has 0 aliphatic rings. The molecule has 0 radical (unpaired) electrons. The molecule has 0 unspecified atom stereocenters. The lowest BCUT2D eigenvalue weighted by molar-refractivity contribution is -0.118. The molecule has 0 saturated carbocycles. The SMILES string of the molecule is COc1ccc(-c2nnc(NC(=O)COc3cccc(C)c3C)s2)cc1. The van der Waals surface area contributed by atoms with E-state index in [-0.39, 0.29) is 12.5 Å². The van der Waals surface area contributed by atoms with Crippen molar-refractivity contribution in [1.82, 2.24) is 10.2 Å². The highest BCUT2D eigenvalue weighted by Crippen LogP contribution is 2.27. The minimum absolute atomic E-state index is 0.0816. The largest absolute Gasteiger partial charge is 0.497 e. The molecule has 3 aromatic rings. The fourth-order valence-electron chi connectivity index (χ4n) is 2.30. The van der Waals surface area contributed by atoms with Gasteiger partial charge in [0.15, 0.2) is 6.61 Å². The predicted molar refractivity (Wildman–Crippen MR) is 102 cm³/mol. The van der Waals surface area contributed by atoms with Crippen LogP contribution in [0.25, 0.3) is 10.6 Å². The number of hydrogen-bond acceptors (Lipinski definition) is 6. The van der Waals surface area contributed by atoms with E-state index < -0.39 is 0 Å². The quantitative estimate of drug-likeness (QED) is 0.714. The Balaban J connectivity index is 1.59. The molecule has 0 atom stereocenters. The molecule has 1 N–H and O–H groups in total. The van der Waals surface area contributed by atoms with Gasteiger partial charge < -0.3 is 9.47 Å². The Morgan fingerprint density at radius 3 is 2.62 bits per heavy atom. The van der Waals surface area contributed by atoms with Crippen LogP contribution in [-0.4, -0.2) is 29.8 Å². The molecule has 7 heteroatoms. The van der Waals surface area contributed by atoms with Gasteiger partial charge in [-0.3, -0.25) is 10.1 Å². The summed E-state index contributed by atoms with van der Waals surface area (Å²) in [6, 6.07) is 13.3. The van der Waals surface area contributed by atoms with E-state index in [1.54, 1.807) is 7.11 Å². The summed E-state index contributed by atoms with van der Waals surface area (Å²) in [6.07, 6.45) is 0. The number of benzene rings is 2. The minimum Gasteiger partial charge on any atom is -0.497 e. The van der Waals surface area contributed by atoms with Crippen LogP contribution in [-0.2, 0) is 4.79 Å². The van der Waals surface area contributed by atoms with Crippen molar-refractivity contribution in [3.8, 4) is 22.1 Å². The van der Waals surface area contributed by atoms with Crippen LogP contribution < -0.4 is 14.8 Å². The van der Waals surface area contributed by atoms with Crippen molar-refractivity contribution >= 4 is 22.4 Å². The number of amides is 1. The summed E-state index contributed by atoms with van der Waals surface area (Å²) in [4.78, 5) is 12.1. The predicted octanol–water partition coefficient (Wildman–Crippen LogP) is 3.85. The number of nitrogens with zero attached hydrogens (tertiary/aromatic N) is 2. The standard InChI is InChI=1S/C19H19N3O3S/c1-12-5-4-6-16(13(12)2)25-11-17(23)20-19-22-21-18(26-19)14-7-9-15(24-3)10-8-14/h4-10H,11H2,1-3H3,(H,20,22,23). The van der Waals surface area contributed by atoms with Gasteiger partial charge in [0.2, 0.25) is 5.13 Å². The molecule has 0 spiro atoms. The van der Waals surface area contributed by atoms with Crippen molar-refractivity contribution in [2.24, 2.45) is 0 Å². The number of hydrogen-bond donors (Lipinski definition) is 1. The van der Waals surface area contributed by atoms with Gasteiger partial charge in [-0.05, 0) is 55.3 Å². The molecule has 26 heavy (non-hydrogen) atoms. The summed E-state index contributed by atoms with van der Waals surface area (Å²) in [5.41, 5.74) is 3.06. The first-order valence-electron chi connectivity index (χ1n) is 8.03. The fraction of sp³-hybridized carbons (Fsp3) is 0.211. The van der Waals surface area contributed by atoms with Crippen LogP contribution in [0.3, 0.4) is 0 Å². The van der Waals surface area contributed by atoms with E-state index in [1.165, 1.54) is 11.3 Å². The monoisotopic (exact) mass is 369 g/mol. The number of aryl methyl sites for hydroxylation is 1. The van der Waals surface area contributed by atoms with Gasteiger partial charge in [-0.1, -0.05) is 23.5 Å². The molecule has 0 aliphatic heterocycles. The average Bonchev–Trinajstić information content (AvgIpc) is 3.11. The highest BCUT2D eigenvalue weighted by molar-refractivity contribution is 7.18. The highest BCUT2D eigenvalue weighted by Gasteiger charge is 2.11. The van der Waals surface area contributed by atoms with Gasteiger partial charge in [-0.25, -0.2) is 0 Å². The Labute approximate surface area is 155 Å². The van der Waals surface area contributed by atoms with Gasteiger partial charge in [0.05, 0.1) is 7.11 Å². The van der Waals surface area contributed by atoms with Crippen LogP contribution >= 0.6 is 11.3 Å². The molecule has 0 saturated heterocycles. The van der Waals surface area contributed by atoms with E-state index in [0.717, 1.165) is 27.4 Å². The van der Waals surface area contributed by atoms with Crippen LogP contribution in [0.5, 0.6) is 11.5 Å². The highest BCUT2D eigenvalue weighted by atomic mass is 32.1. The number of nitrogens with one attached hydrogen (secondary N) is 1. The third kappa shape index (κ3) is 4.18. The number of ether oxygens (including phenoxy) is 2. The van der Waals surface area contributed by atoms with Crippen LogP contribution in [0.4, 0.5) is 5.13 Å². The minimum atomic E-state index is -0.275. The van der Waals surface area contributed by atoms with E-state index >= 15 is 0 Å². The lowest BCUT2D eigenvalue weighted by Gasteiger charge is -2.10. The molecule has 134 valence electrons. The molecule has 1 heterocycles. The van der Waals surface area contributed by atoms with E-state index in [4.69, 9.17) is 9.47 Å². The molecule has 0 fully saturated rings. The van der Waals surface area contributed by atoms with E-state index in [2.05, 4.69) is 15.5 Å². The average molecular weight is 369 g/mol. The smallest absolute Gasteiger partial charge is 0.264 e. The number of anilines is 1. The summed E-state index contributed by atoms with van der Waals surface area (Å²) >= 11 is 1.30. The molecule has 6 nitrogen and oxygen atoms in total. The lowest BCUT2D eigenvalue weighted by Crippen LogP contribution is -2.20. The number of methoxy groups -OCH3 is 1. The third-order valence-corrected chi connectivity index (χ3v) is 4.81. The molecule has 0 bridgehead atoms. The summed E-state index contributed by atoms with van der Waals surface area (Å²) in [5, 5.41) is 12.0. The first-order valence-corrected chi connectivity index (χ1v) is 8.85. The second-order valence-electron chi connectivity index (χ2n) is 5.68. The van der Waals surface area contributed by atoms with Gasteiger partial charge in [-0.15, -0.1) is 10.2 Å². The lowest BCUT2D eigenvalue weighted by atomic mass is 10.1. The van der Waals surface area contributed by atoms with E-state index in [9.17, 15) is 4.79 Å². The first-order chi connectivity index (χ1) is 12.6. The van der Waals surface area contributed by atoms with Gasteiger partial charge in [0.1, 0.15) is 16.5 Å². The summed E-state index contributed by atoms with van der Waals surface area (Å²) in [7, 11) is 1.62. The number of aromatic nitrogens is 2. The summed E-state index contributed by atoms with van der Waals surface area (Å²) < 4.78 is 10.7. The van der Waals surface area contributed by atoms with E-state index in [0.29, 0.717) is 10.9 Å². The van der Waals surface area contributed by atoms with Crippen molar-refractivity contribution in [3.05, 3.63) is 53.6 Å². The van der Waals surface area contributed by atoms with Gasteiger partial charge in [0.25, 0.3) is 5.91 Å². The van der Waals surface area contributed by atoms with Crippen molar-refractivity contribution in [2.45, 2.75) is 13.8 Å². The van der Waals surface area contributed by atoms with Gasteiger partial charge in [0, 0.05) is 5.56 Å². The maximum absolute atomic E-state index is 12.1. The maximum Gasteiger partial charge on any atom is 0.264 e. The Morgan fingerprint density at radius 1 is 1.12 bits per heavy atom. The Bertz CT molecular complexity index is 907. The van der Waals surface area contributed by atoms with Gasteiger partial charge in [-0.2, -0.15) is 0 Å². The van der Waals surface area contributed by atoms with E-state index in [1.807, 2.05) is 56.3 Å². The molecule has 1 amide bonds. The second-order valence-corrected chi connectivity index (χ2v) is 6.65. The molecule has 3 rings (SSSR count). The summed E-state index contributed by atoms with van der Waals surface area (Å²) in [6.45, 7) is 3.89. The van der Waals surface area contributed by atoms with Crippen molar-refractivity contribution in [3.63, 3.8) is 0 Å². The maximum atomic E-state index is 12.1. The van der Waals surface area contributed by atoms with Crippen LogP contribution in [0.15, 0.2) is 42.5 Å². The molecule has 2 aromatic carbocycles. The number of carbonyl (C=O) groups is 1. The zero-order chi connectivity index (χ0) is 18.5. The Morgan fingerprint density at radius 2 is 1.88 bits per heavy atom. The van der Waals surface area contributed by atoms with Crippen LogP contribution in [0.1, 0.15) is 11.1 Å². The zero-order valence-corrected chi connectivity index (χ0v) is 15.6. The molecule has 0 aliphatic carbocycles. The first kappa shape index (κ1) is 17.9. The third-order valence-electron chi connectivity index (χ3n) is 3.92. The van der Waals surface area contributed by atoms with Crippen LogP contribution in [0, 0.1) is 13.8 Å².